The summed E-state index contributed by atoms with van der Waals surface area (Å²) in [5.74, 6) is 0.238. The van der Waals surface area contributed by atoms with Gasteiger partial charge in [-0.3, -0.25) is 4.79 Å². The third kappa shape index (κ3) is 6.49. The van der Waals surface area contributed by atoms with Crippen LogP contribution >= 0.6 is 0 Å². The second-order valence-corrected chi connectivity index (χ2v) is 11.5. The minimum Gasteiger partial charge on any atom is -0.457 e. The van der Waals surface area contributed by atoms with E-state index in [4.69, 9.17) is 15.6 Å². The van der Waals surface area contributed by atoms with Crippen molar-refractivity contribution in [2.45, 2.75) is 64.7 Å². The number of aromatic nitrogens is 4. The molecule has 11 heteroatoms. The summed E-state index contributed by atoms with van der Waals surface area (Å²) >= 11 is 0. The maximum Gasteiger partial charge on any atom is 0.264 e. The Morgan fingerprint density at radius 1 is 1.23 bits per heavy atom. The van der Waals surface area contributed by atoms with Crippen LogP contribution in [0.3, 0.4) is 0 Å². The van der Waals surface area contributed by atoms with Crippen LogP contribution in [-0.2, 0) is 11.3 Å². The predicted octanol–water partition coefficient (Wildman–Crippen LogP) is 5.22. The van der Waals surface area contributed by atoms with Crippen molar-refractivity contribution in [2.75, 3.05) is 12.3 Å². The molecule has 1 amide bonds. The summed E-state index contributed by atoms with van der Waals surface area (Å²) in [5, 5.41) is 18.4. The zero-order chi connectivity index (χ0) is 30.7. The number of hydrogen-bond acceptors (Lipinski definition) is 8. The van der Waals surface area contributed by atoms with Crippen LogP contribution in [0.25, 0.3) is 22.3 Å². The number of nitrogens with two attached hydrogens (primary N) is 1. The molecule has 2 aromatic heterocycles. The summed E-state index contributed by atoms with van der Waals surface area (Å²) in [6.45, 7) is 8.69. The van der Waals surface area contributed by atoms with E-state index in [0.29, 0.717) is 41.3 Å². The Kier molecular flexibility index (Phi) is 8.41. The number of carbonyl (C=O) groups excluding carboxylic acids is 1. The SMILES string of the molecule is CC(C)NC(C)(C)/C=C(\C#N)C(=O)N1CCC[C@H]1Cn1nc(-c2ccc(Oc3ccccc3)cc2F)c2c(N)ncnc21. The molecule has 0 spiro atoms. The van der Waals surface area contributed by atoms with Crippen LogP contribution in [-0.4, -0.2) is 54.7 Å². The number of likely N-dealkylation sites (tertiary alicyclic amines) is 1. The molecule has 1 atom stereocenters. The highest BCUT2D eigenvalue weighted by Gasteiger charge is 2.33. The van der Waals surface area contributed by atoms with E-state index in [9.17, 15) is 10.1 Å². The van der Waals surface area contributed by atoms with Crippen LogP contribution in [0.2, 0.25) is 0 Å². The van der Waals surface area contributed by atoms with Gasteiger partial charge in [-0.1, -0.05) is 32.0 Å². The lowest BCUT2D eigenvalue weighted by molar-refractivity contribution is -0.127. The van der Waals surface area contributed by atoms with Crippen molar-refractivity contribution in [3.05, 3.63) is 72.3 Å². The minimum atomic E-state index is -0.544. The average molecular weight is 583 g/mol. The molecule has 43 heavy (non-hydrogen) atoms. The molecule has 1 aliphatic heterocycles. The summed E-state index contributed by atoms with van der Waals surface area (Å²) in [6.07, 6.45) is 4.53. The number of ether oxygens (including phenoxy) is 1. The minimum absolute atomic E-state index is 0.0857. The van der Waals surface area contributed by atoms with Gasteiger partial charge >= 0.3 is 0 Å². The van der Waals surface area contributed by atoms with Crippen LogP contribution in [0.4, 0.5) is 10.2 Å². The smallest absolute Gasteiger partial charge is 0.264 e. The van der Waals surface area contributed by atoms with Gasteiger partial charge in [0.1, 0.15) is 46.8 Å². The molecule has 3 heterocycles. The van der Waals surface area contributed by atoms with Crippen LogP contribution < -0.4 is 15.8 Å². The quantitative estimate of drug-likeness (QED) is 0.203. The Morgan fingerprint density at radius 3 is 2.70 bits per heavy atom. The number of carbonyl (C=O) groups is 1. The standard InChI is InChI=1S/C32H35FN8O2/c1-20(2)38-32(3,4)16-21(17-34)31(42)40-14-8-9-22(40)18-41-30-27(29(35)36-19-37-30)28(39-41)25-13-12-24(15-26(25)33)43-23-10-6-5-7-11-23/h5-7,10-13,15-16,19-20,22,38H,8-9,14,18H2,1-4H3,(H2,35,36,37)/b21-16+/t22-/m0/s1. The Labute approximate surface area is 250 Å². The molecule has 0 bridgehead atoms. The normalized spacial score (nSPS) is 15.7. The fourth-order valence-electron chi connectivity index (χ4n) is 5.66. The first-order valence-corrected chi connectivity index (χ1v) is 14.3. The highest BCUT2D eigenvalue weighted by Crippen LogP contribution is 2.35. The number of nitrogens with zero attached hydrogens (tertiary/aromatic N) is 6. The predicted molar refractivity (Wildman–Crippen MR) is 162 cm³/mol. The Morgan fingerprint density at radius 2 is 2.00 bits per heavy atom. The van der Waals surface area contributed by atoms with E-state index >= 15 is 4.39 Å². The number of rotatable bonds is 9. The number of para-hydroxylation sites is 1. The van der Waals surface area contributed by atoms with Gasteiger partial charge in [-0.05, 0) is 57.0 Å². The van der Waals surface area contributed by atoms with Crippen LogP contribution in [0.15, 0.2) is 66.5 Å². The largest absolute Gasteiger partial charge is 0.457 e. The van der Waals surface area contributed by atoms with Crippen molar-refractivity contribution in [3.63, 3.8) is 0 Å². The number of halogens is 1. The number of benzene rings is 2. The molecule has 1 saturated heterocycles. The Hall–Kier alpha value is -4.82. The molecular formula is C32H35FN8O2. The molecule has 2 aromatic carbocycles. The summed E-state index contributed by atoms with van der Waals surface area (Å²) in [5.41, 5.74) is 6.75. The molecule has 222 valence electrons. The van der Waals surface area contributed by atoms with E-state index in [1.165, 1.54) is 12.4 Å². The Bertz CT molecular complexity index is 1710. The van der Waals surface area contributed by atoms with Gasteiger partial charge in [0.25, 0.3) is 5.91 Å². The van der Waals surface area contributed by atoms with Gasteiger partial charge in [-0.25, -0.2) is 19.0 Å². The number of fused-ring (bicyclic) bond motifs is 1. The lowest BCUT2D eigenvalue weighted by Crippen LogP contribution is -2.44. The lowest BCUT2D eigenvalue weighted by atomic mass is 9.99. The number of anilines is 1. The third-order valence-electron chi connectivity index (χ3n) is 7.27. The maximum atomic E-state index is 15.5. The Balaban J connectivity index is 1.45. The average Bonchev–Trinajstić information content (AvgIpc) is 3.57. The van der Waals surface area contributed by atoms with Crippen molar-refractivity contribution >= 4 is 22.8 Å². The zero-order valence-electron chi connectivity index (χ0n) is 24.7. The van der Waals surface area contributed by atoms with Crippen molar-refractivity contribution in [1.82, 2.24) is 30.0 Å². The molecule has 0 radical (unpaired) electrons. The molecular weight excluding hydrogens is 547 g/mol. The van der Waals surface area contributed by atoms with Crippen LogP contribution in [0.1, 0.15) is 40.5 Å². The topological polar surface area (TPSA) is 135 Å². The second kappa shape index (κ2) is 12.2. The summed E-state index contributed by atoms with van der Waals surface area (Å²) in [4.78, 5) is 23.8. The number of hydrogen-bond donors (Lipinski definition) is 2. The lowest BCUT2D eigenvalue weighted by Gasteiger charge is -2.28. The molecule has 0 saturated carbocycles. The number of amides is 1. The molecule has 1 aliphatic rings. The molecule has 4 aromatic rings. The van der Waals surface area contributed by atoms with Gasteiger partial charge < -0.3 is 20.7 Å². The highest BCUT2D eigenvalue weighted by atomic mass is 19.1. The maximum absolute atomic E-state index is 15.5. The molecule has 1 fully saturated rings. The van der Waals surface area contributed by atoms with Gasteiger partial charge in [0.2, 0.25) is 0 Å². The van der Waals surface area contributed by atoms with Gasteiger partial charge in [0.05, 0.1) is 18.0 Å². The second-order valence-electron chi connectivity index (χ2n) is 11.5. The van der Waals surface area contributed by atoms with Gasteiger partial charge in [0.15, 0.2) is 5.65 Å². The monoisotopic (exact) mass is 582 g/mol. The van der Waals surface area contributed by atoms with Crippen molar-refractivity contribution in [2.24, 2.45) is 0 Å². The van der Waals surface area contributed by atoms with Crippen LogP contribution in [0.5, 0.6) is 11.5 Å². The van der Waals surface area contributed by atoms with E-state index in [1.54, 1.807) is 39.9 Å². The van der Waals surface area contributed by atoms with E-state index < -0.39 is 11.4 Å². The number of nitriles is 1. The summed E-state index contributed by atoms with van der Waals surface area (Å²) in [7, 11) is 0. The first-order chi connectivity index (χ1) is 20.6. The molecule has 3 N–H and O–H groups in total. The van der Waals surface area contributed by atoms with E-state index in [1.807, 2.05) is 45.9 Å². The third-order valence-corrected chi connectivity index (χ3v) is 7.27. The van der Waals surface area contributed by atoms with Crippen molar-refractivity contribution < 1.29 is 13.9 Å². The van der Waals surface area contributed by atoms with Crippen molar-refractivity contribution in [1.29, 1.82) is 5.26 Å². The summed E-state index contributed by atoms with van der Waals surface area (Å²) in [6, 6.07) is 15.7. The van der Waals surface area contributed by atoms with Crippen LogP contribution in [0, 0.1) is 17.1 Å². The zero-order valence-corrected chi connectivity index (χ0v) is 24.7. The first kappa shape index (κ1) is 29.7. The van der Waals surface area contributed by atoms with Gasteiger partial charge in [0, 0.05) is 29.8 Å². The van der Waals surface area contributed by atoms with Gasteiger partial charge in [-0.2, -0.15) is 10.4 Å². The van der Waals surface area contributed by atoms with Crippen molar-refractivity contribution in [3.8, 4) is 28.8 Å². The molecule has 5 rings (SSSR count). The summed E-state index contributed by atoms with van der Waals surface area (Å²) < 4.78 is 22.9. The fraction of sp³-hybridized carbons (Fsp3) is 0.344. The molecule has 0 aliphatic carbocycles. The van der Waals surface area contributed by atoms with E-state index in [2.05, 4.69) is 21.4 Å². The van der Waals surface area contributed by atoms with E-state index in [0.717, 1.165) is 12.8 Å². The molecule has 0 unspecified atom stereocenters. The first-order valence-electron chi connectivity index (χ1n) is 14.3. The number of nitrogens with one attached hydrogen (secondary N) is 1. The fourth-order valence-corrected chi connectivity index (χ4v) is 5.66. The molecule has 10 nitrogen and oxygen atoms in total. The highest BCUT2D eigenvalue weighted by molar-refractivity contribution is 5.99. The van der Waals surface area contributed by atoms with E-state index in [-0.39, 0.29) is 34.9 Å². The van der Waals surface area contributed by atoms with Gasteiger partial charge in [-0.15, -0.1) is 0 Å². The number of nitrogen functional groups attached to an aromatic ring is 1.